The van der Waals surface area contributed by atoms with Crippen molar-refractivity contribution in [3.8, 4) is 50.6 Å². The standard InChI is InChI=1S/3C15H11NO.Al/c3*17-14-9-8-12(11-5-2-1-3-6-11)13-7-4-10-16-15(13)14;/h3*1-10,17H;. The van der Waals surface area contributed by atoms with E-state index in [9.17, 15) is 15.3 Å². The third-order valence-corrected chi connectivity index (χ3v) is 8.50. The van der Waals surface area contributed by atoms with Gasteiger partial charge in [0.15, 0.2) is 0 Å². The fourth-order valence-electron chi connectivity index (χ4n) is 6.08. The van der Waals surface area contributed by atoms with Gasteiger partial charge >= 0.3 is 0 Å². The van der Waals surface area contributed by atoms with Gasteiger partial charge in [-0.2, -0.15) is 0 Å². The van der Waals surface area contributed by atoms with E-state index in [0.29, 0.717) is 16.6 Å². The van der Waals surface area contributed by atoms with Gasteiger partial charge in [0, 0.05) is 52.1 Å². The van der Waals surface area contributed by atoms with Crippen LogP contribution in [0, 0.1) is 0 Å². The lowest BCUT2D eigenvalue weighted by atomic mass is 10.0. The van der Waals surface area contributed by atoms with Gasteiger partial charge in [0.1, 0.15) is 33.8 Å². The fraction of sp³-hybridized carbons (Fsp3) is 0. The van der Waals surface area contributed by atoms with Crippen molar-refractivity contribution >= 4 is 50.1 Å². The van der Waals surface area contributed by atoms with E-state index in [0.717, 1.165) is 49.5 Å². The van der Waals surface area contributed by atoms with Crippen LogP contribution in [0.5, 0.6) is 17.2 Å². The molecule has 3 N–H and O–H groups in total. The maximum atomic E-state index is 9.78. The number of nitrogens with zero attached hydrogens (tertiary/aromatic N) is 3. The lowest BCUT2D eigenvalue weighted by Gasteiger charge is -2.07. The molecule has 52 heavy (non-hydrogen) atoms. The van der Waals surface area contributed by atoms with Gasteiger partial charge in [-0.15, -0.1) is 0 Å². The molecule has 0 bridgehead atoms. The first kappa shape index (κ1) is 35.3. The fourth-order valence-corrected chi connectivity index (χ4v) is 6.08. The third kappa shape index (κ3) is 7.62. The zero-order chi connectivity index (χ0) is 35.0. The summed E-state index contributed by atoms with van der Waals surface area (Å²) in [5, 5.41) is 32.3. The molecule has 0 amide bonds. The van der Waals surface area contributed by atoms with Gasteiger partial charge in [0.05, 0.1) is 0 Å². The smallest absolute Gasteiger partial charge is 0.141 e. The highest BCUT2D eigenvalue weighted by Gasteiger charge is 2.09. The summed E-state index contributed by atoms with van der Waals surface area (Å²) in [5.41, 5.74) is 8.60. The second-order valence-corrected chi connectivity index (χ2v) is 11.7. The monoisotopic (exact) mass is 690 g/mol. The Morgan fingerprint density at radius 1 is 0.288 bits per heavy atom. The van der Waals surface area contributed by atoms with Crippen molar-refractivity contribution in [3.05, 3.63) is 182 Å². The Hall–Kier alpha value is -6.52. The van der Waals surface area contributed by atoms with E-state index < -0.39 is 0 Å². The molecule has 0 saturated heterocycles. The van der Waals surface area contributed by atoms with Gasteiger partial charge in [-0.05, 0) is 88.0 Å². The van der Waals surface area contributed by atoms with Crippen LogP contribution in [0.2, 0.25) is 0 Å². The molecule has 0 atom stereocenters. The predicted octanol–water partition coefficient (Wildman–Crippen LogP) is 10.4. The molecule has 0 aliphatic carbocycles. The lowest BCUT2D eigenvalue weighted by molar-refractivity contribution is 0.480. The van der Waals surface area contributed by atoms with Crippen LogP contribution < -0.4 is 0 Å². The molecule has 6 aromatic carbocycles. The summed E-state index contributed by atoms with van der Waals surface area (Å²) in [6, 6.07) is 52.8. The largest absolute Gasteiger partial charge is 0.506 e. The summed E-state index contributed by atoms with van der Waals surface area (Å²) in [6.45, 7) is 0. The highest BCUT2D eigenvalue weighted by atomic mass is 27.0. The number of phenols is 3. The molecular weight excluding hydrogens is 657 g/mol. The number of aromatic hydroxyl groups is 3. The highest BCUT2D eigenvalue weighted by molar-refractivity contribution is 5.99. The molecule has 3 radical (unpaired) electrons. The van der Waals surface area contributed by atoms with Gasteiger partial charge < -0.3 is 15.3 Å². The Bertz CT molecular complexity index is 2280. The molecule has 6 nitrogen and oxygen atoms in total. The molecule has 9 rings (SSSR count). The summed E-state index contributed by atoms with van der Waals surface area (Å²) in [5.74, 6) is 0.667. The SMILES string of the molecule is Oc1ccc(-c2ccccc2)c2cccnc12.Oc1ccc(-c2ccccc2)c2cccnc12.Oc1ccc(-c2ccccc2)c2cccnc12.[Al]. The van der Waals surface area contributed by atoms with Crippen LogP contribution in [0.25, 0.3) is 66.1 Å². The Labute approximate surface area is 312 Å². The number of rotatable bonds is 3. The zero-order valence-electron chi connectivity index (χ0n) is 28.1. The first-order valence-corrected chi connectivity index (χ1v) is 16.4. The van der Waals surface area contributed by atoms with Crippen molar-refractivity contribution in [2.24, 2.45) is 0 Å². The highest BCUT2D eigenvalue weighted by Crippen LogP contribution is 2.34. The van der Waals surface area contributed by atoms with Gasteiger partial charge in [0.2, 0.25) is 0 Å². The maximum Gasteiger partial charge on any atom is 0.141 e. The van der Waals surface area contributed by atoms with E-state index in [1.54, 1.807) is 36.8 Å². The van der Waals surface area contributed by atoms with Crippen LogP contribution >= 0.6 is 0 Å². The van der Waals surface area contributed by atoms with E-state index in [4.69, 9.17) is 0 Å². The third-order valence-electron chi connectivity index (χ3n) is 8.50. The molecule has 0 aliphatic rings. The zero-order valence-corrected chi connectivity index (χ0v) is 29.2. The number of fused-ring (bicyclic) bond motifs is 3. The number of hydrogen-bond donors (Lipinski definition) is 3. The number of pyridine rings is 3. The van der Waals surface area contributed by atoms with Crippen LogP contribution in [0.15, 0.2) is 182 Å². The van der Waals surface area contributed by atoms with Crippen molar-refractivity contribution in [1.82, 2.24) is 15.0 Å². The molecule has 9 aromatic rings. The number of aromatic nitrogens is 3. The Kier molecular flexibility index (Phi) is 11.2. The minimum absolute atomic E-state index is 0. The second kappa shape index (κ2) is 16.5. The minimum atomic E-state index is 0. The number of phenolic OH excluding ortho intramolecular Hbond substituents is 3. The van der Waals surface area contributed by atoms with Gasteiger partial charge in [0.25, 0.3) is 0 Å². The number of benzene rings is 6. The Morgan fingerprint density at radius 3 is 0.827 bits per heavy atom. The molecule has 0 unspecified atom stereocenters. The molecule has 7 heteroatoms. The molecule has 3 heterocycles. The summed E-state index contributed by atoms with van der Waals surface area (Å²) in [6.07, 6.45) is 5.07. The average Bonchev–Trinajstić information content (AvgIpc) is 3.20. The minimum Gasteiger partial charge on any atom is -0.506 e. The van der Waals surface area contributed by atoms with Crippen molar-refractivity contribution in [1.29, 1.82) is 0 Å². The van der Waals surface area contributed by atoms with Crippen molar-refractivity contribution in [3.63, 3.8) is 0 Å². The van der Waals surface area contributed by atoms with Crippen LogP contribution in [0.1, 0.15) is 0 Å². The lowest BCUT2D eigenvalue weighted by Crippen LogP contribution is -1.84. The van der Waals surface area contributed by atoms with E-state index in [2.05, 4.69) is 51.4 Å². The molecule has 0 aliphatic heterocycles. The summed E-state index contributed by atoms with van der Waals surface area (Å²) >= 11 is 0. The Balaban J connectivity index is 0.000000133. The maximum absolute atomic E-state index is 9.78. The number of hydrogen-bond acceptors (Lipinski definition) is 6. The molecule has 0 fully saturated rings. The summed E-state index contributed by atoms with van der Waals surface area (Å²) in [7, 11) is 0. The first-order valence-electron chi connectivity index (χ1n) is 16.4. The topological polar surface area (TPSA) is 99.4 Å². The van der Waals surface area contributed by atoms with Crippen molar-refractivity contribution in [2.75, 3.05) is 0 Å². The van der Waals surface area contributed by atoms with Crippen LogP contribution in [-0.2, 0) is 0 Å². The van der Waals surface area contributed by atoms with Gasteiger partial charge in [-0.3, -0.25) is 15.0 Å². The molecule has 0 saturated carbocycles. The molecule has 249 valence electrons. The van der Waals surface area contributed by atoms with E-state index in [1.807, 2.05) is 109 Å². The van der Waals surface area contributed by atoms with Gasteiger partial charge in [-0.1, -0.05) is 109 Å². The average molecular weight is 691 g/mol. The van der Waals surface area contributed by atoms with E-state index in [-0.39, 0.29) is 34.6 Å². The normalized spacial score (nSPS) is 10.4. The van der Waals surface area contributed by atoms with E-state index in [1.165, 1.54) is 0 Å². The van der Waals surface area contributed by atoms with Crippen molar-refractivity contribution in [2.45, 2.75) is 0 Å². The summed E-state index contributed by atoms with van der Waals surface area (Å²) < 4.78 is 0. The predicted molar refractivity (Wildman–Crippen MR) is 212 cm³/mol. The van der Waals surface area contributed by atoms with Gasteiger partial charge in [-0.25, -0.2) is 0 Å². The van der Waals surface area contributed by atoms with E-state index >= 15 is 0 Å². The molecular formula is C45H33AlN3O3. The summed E-state index contributed by atoms with van der Waals surface area (Å²) in [4.78, 5) is 12.7. The quantitative estimate of drug-likeness (QED) is 0.160. The molecule has 3 aromatic heterocycles. The van der Waals surface area contributed by atoms with Crippen LogP contribution in [0.3, 0.4) is 0 Å². The molecule has 0 spiro atoms. The first-order chi connectivity index (χ1) is 25.1. The van der Waals surface area contributed by atoms with Crippen molar-refractivity contribution < 1.29 is 15.3 Å². The second-order valence-electron chi connectivity index (χ2n) is 11.7. The van der Waals surface area contributed by atoms with Crippen LogP contribution in [-0.4, -0.2) is 47.6 Å². The Morgan fingerprint density at radius 2 is 0.558 bits per heavy atom. The van der Waals surface area contributed by atoms with Crippen LogP contribution in [0.4, 0.5) is 0 Å².